The molecule has 0 aromatic carbocycles. The van der Waals surface area contributed by atoms with Gasteiger partial charge >= 0.3 is 17.9 Å². The number of esters is 3. The minimum Gasteiger partial charge on any atom is -0.463 e. The number of rotatable bonds is 8. The standard InChI is InChI=1S/C17H27NO9/c1-9(2)18-15(22)8-24-16-6-13(25-11(4)20)17(26-12(5)21)14(27-16)7-23-10(3)19/h9,13-14,16-17H,6-8H2,1-5H3,(H,18,22)/t13-,14-,16-,17+/m1/s1. The van der Waals surface area contributed by atoms with Gasteiger partial charge in [0.25, 0.3) is 0 Å². The number of carbonyl (C=O) groups is 4. The van der Waals surface area contributed by atoms with Crippen LogP contribution in [0.4, 0.5) is 0 Å². The molecular formula is C17H27NO9. The Morgan fingerprint density at radius 3 is 2.19 bits per heavy atom. The molecule has 154 valence electrons. The normalized spacial score (nSPS) is 24.8. The second-order valence-electron chi connectivity index (χ2n) is 6.40. The van der Waals surface area contributed by atoms with Crippen molar-refractivity contribution in [1.82, 2.24) is 5.32 Å². The van der Waals surface area contributed by atoms with Crippen LogP contribution < -0.4 is 5.32 Å². The summed E-state index contributed by atoms with van der Waals surface area (Å²) in [7, 11) is 0. The summed E-state index contributed by atoms with van der Waals surface area (Å²) in [5.74, 6) is -2.08. The summed E-state index contributed by atoms with van der Waals surface area (Å²) in [6, 6.07) is -0.0489. The third-order valence-electron chi connectivity index (χ3n) is 3.40. The van der Waals surface area contributed by atoms with Gasteiger partial charge in [0.05, 0.1) is 0 Å². The van der Waals surface area contributed by atoms with Crippen molar-refractivity contribution < 1.29 is 42.9 Å². The maximum atomic E-state index is 11.7. The van der Waals surface area contributed by atoms with E-state index in [1.165, 1.54) is 20.8 Å². The third kappa shape index (κ3) is 8.83. The molecule has 1 aliphatic heterocycles. The van der Waals surface area contributed by atoms with Crippen molar-refractivity contribution in [2.24, 2.45) is 0 Å². The maximum absolute atomic E-state index is 11.7. The molecule has 0 aliphatic carbocycles. The summed E-state index contributed by atoms with van der Waals surface area (Å²) in [6.45, 7) is 6.75. The first-order valence-corrected chi connectivity index (χ1v) is 8.62. The molecule has 0 unspecified atom stereocenters. The summed E-state index contributed by atoms with van der Waals surface area (Å²) >= 11 is 0. The maximum Gasteiger partial charge on any atom is 0.303 e. The molecule has 1 rings (SSSR count). The van der Waals surface area contributed by atoms with E-state index in [1.807, 2.05) is 13.8 Å². The average Bonchev–Trinajstić information content (AvgIpc) is 2.51. The van der Waals surface area contributed by atoms with E-state index >= 15 is 0 Å². The molecule has 1 N–H and O–H groups in total. The molecule has 0 bridgehead atoms. The van der Waals surface area contributed by atoms with Gasteiger partial charge in [0.2, 0.25) is 5.91 Å². The van der Waals surface area contributed by atoms with Crippen molar-refractivity contribution in [1.29, 1.82) is 0 Å². The van der Waals surface area contributed by atoms with Gasteiger partial charge in [-0.1, -0.05) is 0 Å². The van der Waals surface area contributed by atoms with E-state index in [-0.39, 0.29) is 31.6 Å². The molecule has 1 fully saturated rings. The molecule has 10 nitrogen and oxygen atoms in total. The fraction of sp³-hybridized carbons (Fsp3) is 0.765. The quantitative estimate of drug-likeness (QED) is 0.453. The Bertz CT molecular complexity index is 549. The molecule has 1 aliphatic rings. The minimum atomic E-state index is -0.977. The predicted octanol–water partition coefficient (Wildman–Crippen LogP) is 0.0691. The Balaban J connectivity index is 2.85. The van der Waals surface area contributed by atoms with E-state index in [0.717, 1.165) is 0 Å². The number of amides is 1. The lowest BCUT2D eigenvalue weighted by molar-refractivity contribution is -0.264. The fourth-order valence-corrected chi connectivity index (χ4v) is 2.54. The van der Waals surface area contributed by atoms with Gasteiger partial charge in [-0.05, 0) is 13.8 Å². The molecule has 0 radical (unpaired) electrons. The highest BCUT2D eigenvalue weighted by atomic mass is 16.7. The Hall–Kier alpha value is -2.20. The van der Waals surface area contributed by atoms with Crippen LogP contribution in [0, 0.1) is 0 Å². The number of ether oxygens (including phenoxy) is 5. The minimum absolute atomic E-state index is 0.0447. The molecule has 1 saturated heterocycles. The third-order valence-corrected chi connectivity index (χ3v) is 3.40. The first-order valence-electron chi connectivity index (χ1n) is 8.62. The Labute approximate surface area is 157 Å². The molecule has 1 amide bonds. The summed E-state index contributed by atoms with van der Waals surface area (Å²) in [4.78, 5) is 45.7. The SMILES string of the molecule is CC(=O)OC[C@H]1O[C@@H](OCC(=O)NC(C)C)C[C@@H](OC(C)=O)[C@@H]1OC(C)=O. The monoisotopic (exact) mass is 389 g/mol. The first kappa shape index (κ1) is 22.8. The number of hydrogen-bond acceptors (Lipinski definition) is 9. The highest BCUT2D eigenvalue weighted by Gasteiger charge is 2.44. The van der Waals surface area contributed by atoms with Crippen LogP contribution >= 0.6 is 0 Å². The van der Waals surface area contributed by atoms with Crippen LogP contribution in [0.5, 0.6) is 0 Å². The van der Waals surface area contributed by atoms with Crippen molar-refractivity contribution in [3.05, 3.63) is 0 Å². The molecule has 0 aromatic rings. The number of nitrogens with one attached hydrogen (secondary N) is 1. The van der Waals surface area contributed by atoms with Crippen LogP contribution in [0.15, 0.2) is 0 Å². The molecule has 10 heteroatoms. The molecule has 0 aromatic heterocycles. The Kier molecular flexibility index (Phi) is 9.16. The van der Waals surface area contributed by atoms with E-state index in [2.05, 4.69) is 5.32 Å². The van der Waals surface area contributed by atoms with E-state index < -0.39 is 42.5 Å². The highest BCUT2D eigenvalue weighted by Crippen LogP contribution is 2.27. The van der Waals surface area contributed by atoms with Gasteiger partial charge in [-0.15, -0.1) is 0 Å². The van der Waals surface area contributed by atoms with E-state index in [1.54, 1.807) is 0 Å². The van der Waals surface area contributed by atoms with Gasteiger partial charge in [0, 0.05) is 33.2 Å². The summed E-state index contributed by atoms with van der Waals surface area (Å²) < 4.78 is 26.5. The van der Waals surface area contributed by atoms with Crippen molar-refractivity contribution in [2.75, 3.05) is 13.2 Å². The van der Waals surface area contributed by atoms with Crippen molar-refractivity contribution in [2.45, 2.75) is 71.7 Å². The zero-order valence-corrected chi connectivity index (χ0v) is 16.2. The Morgan fingerprint density at radius 2 is 1.67 bits per heavy atom. The smallest absolute Gasteiger partial charge is 0.303 e. The van der Waals surface area contributed by atoms with Crippen LogP contribution in [0.25, 0.3) is 0 Å². The summed E-state index contributed by atoms with van der Waals surface area (Å²) in [6.07, 6.45) is -3.65. The van der Waals surface area contributed by atoms with Crippen LogP contribution in [0.2, 0.25) is 0 Å². The van der Waals surface area contributed by atoms with Crippen molar-refractivity contribution in [3.8, 4) is 0 Å². The van der Waals surface area contributed by atoms with Gasteiger partial charge in [-0.2, -0.15) is 0 Å². The molecule has 27 heavy (non-hydrogen) atoms. The Morgan fingerprint density at radius 1 is 1.04 bits per heavy atom. The van der Waals surface area contributed by atoms with Gasteiger partial charge in [0.1, 0.15) is 25.4 Å². The van der Waals surface area contributed by atoms with Gasteiger partial charge in [-0.3, -0.25) is 19.2 Å². The zero-order chi connectivity index (χ0) is 20.6. The molecular weight excluding hydrogens is 362 g/mol. The van der Waals surface area contributed by atoms with Gasteiger partial charge in [0.15, 0.2) is 12.4 Å². The molecule has 4 atom stereocenters. The highest BCUT2D eigenvalue weighted by molar-refractivity contribution is 5.77. The zero-order valence-electron chi connectivity index (χ0n) is 16.2. The molecule has 1 heterocycles. The van der Waals surface area contributed by atoms with E-state index in [0.29, 0.717) is 0 Å². The lowest BCUT2D eigenvalue weighted by Crippen LogP contribution is -2.54. The second-order valence-corrected chi connectivity index (χ2v) is 6.40. The topological polar surface area (TPSA) is 126 Å². The summed E-state index contributed by atoms with van der Waals surface area (Å²) in [5.41, 5.74) is 0. The van der Waals surface area contributed by atoms with Crippen LogP contribution in [0.1, 0.15) is 41.0 Å². The van der Waals surface area contributed by atoms with Crippen LogP contribution in [-0.4, -0.2) is 67.7 Å². The molecule has 0 saturated carbocycles. The first-order chi connectivity index (χ1) is 12.6. The summed E-state index contributed by atoms with van der Waals surface area (Å²) in [5, 5.41) is 2.67. The predicted molar refractivity (Wildman–Crippen MR) is 90.2 cm³/mol. The van der Waals surface area contributed by atoms with E-state index in [9.17, 15) is 19.2 Å². The second kappa shape index (κ2) is 10.8. The molecule has 0 spiro atoms. The van der Waals surface area contributed by atoms with Gasteiger partial charge < -0.3 is 29.0 Å². The average molecular weight is 389 g/mol. The van der Waals surface area contributed by atoms with Crippen LogP contribution in [-0.2, 0) is 42.9 Å². The largest absolute Gasteiger partial charge is 0.463 e. The lowest BCUT2D eigenvalue weighted by Gasteiger charge is -2.39. The van der Waals surface area contributed by atoms with Crippen molar-refractivity contribution in [3.63, 3.8) is 0 Å². The van der Waals surface area contributed by atoms with E-state index in [4.69, 9.17) is 23.7 Å². The lowest BCUT2D eigenvalue weighted by atomic mass is 10.0. The van der Waals surface area contributed by atoms with Gasteiger partial charge in [-0.25, -0.2) is 0 Å². The van der Waals surface area contributed by atoms with Crippen molar-refractivity contribution >= 4 is 23.8 Å². The number of hydrogen-bond donors (Lipinski definition) is 1. The fourth-order valence-electron chi connectivity index (χ4n) is 2.54. The number of carbonyl (C=O) groups excluding carboxylic acids is 4. The van der Waals surface area contributed by atoms with Crippen LogP contribution in [0.3, 0.4) is 0 Å².